The van der Waals surface area contributed by atoms with Crippen LogP contribution in [0.2, 0.25) is 0 Å². The van der Waals surface area contributed by atoms with Crippen LogP contribution in [0.5, 0.6) is 0 Å². The largest absolute Gasteiger partial charge is 0.361 e. The minimum absolute atomic E-state index is 0.149. The highest BCUT2D eigenvalue weighted by Gasteiger charge is 2.24. The Morgan fingerprint density at radius 1 is 1.29 bits per heavy atom. The van der Waals surface area contributed by atoms with Crippen LogP contribution in [-0.4, -0.2) is 24.5 Å². The van der Waals surface area contributed by atoms with Crippen LogP contribution < -0.4 is 10.2 Å². The third-order valence-electron chi connectivity index (χ3n) is 4.18. The first-order valence-corrected chi connectivity index (χ1v) is 9.58. The Balaban J connectivity index is 1.45. The molecule has 0 spiro atoms. The van der Waals surface area contributed by atoms with E-state index in [0.29, 0.717) is 6.42 Å². The van der Waals surface area contributed by atoms with Crippen LogP contribution in [0, 0.1) is 0 Å². The molecule has 0 fully saturated rings. The second-order valence-corrected chi connectivity index (χ2v) is 7.66. The molecule has 3 heterocycles. The summed E-state index contributed by atoms with van der Waals surface area (Å²) in [4.78, 5) is 19.6. The van der Waals surface area contributed by atoms with Crippen molar-refractivity contribution in [1.82, 2.24) is 4.98 Å². The van der Waals surface area contributed by atoms with Crippen molar-refractivity contribution in [2.75, 3.05) is 23.8 Å². The molecular formula is C18H17N3OS2. The zero-order valence-corrected chi connectivity index (χ0v) is 14.9. The van der Waals surface area contributed by atoms with Gasteiger partial charge in [-0.3, -0.25) is 4.79 Å². The van der Waals surface area contributed by atoms with E-state index in [4.69, 9.17) is 0 Å². The number of nitrogens with zero attached hydrogens (tertiary/aromatic N) is 2. The Bertz CT molecular complexity index is 870. The second-order valence-electron chi connectivity index (χ2n) is 5.77. The lowest BCUT2D eigenvalue weighted by Crippen LogP contribution is -2.20. The Morgan fingerprint density at radius 3 is 3.04 bits per heavy atom. The van der Waals surface area contributed by atoms with Gasteiger partial charge in [0.2, 0.25) is 5.91 Å². The summed E-state index contributed by atoms with van der Waals surface area (Å²) in [6.07, 6.45) is 1.50. The van der Waals surface area contributed by atoms with Crippen LogP contribution >= 0.6 is 22.7 Å². The average Bonchev–Trinajstić information content (AvgIpc) is 3.30. The number of aromatic nitrogens is 1. The molecule has 24 heavy (non-hydrogen) atoms. The van der Waals surface area contributed by atoms with E-state index in [1.54, 1.807) is 27.6 Å². The fraction of sp³-hybridized carbons (Fsp3) is 0.222. The van der Waals surface area contributed by atoms with Crippen LogP contribution in [0.25, 0.3) is 11.3 Å². The predicted octanol–water partition coefficient (Wildman–Crippen LogP) is 4.05. The summed E-state index contributed by atoms with van der Waals surface area (Å²) in [6, 6.07) is 10.4. The van der Waals surface area contributed by atoms with Crippen molar-refractivity contribution >= 4 is 39.4 Å². The standard InChI is InChI=1S/C18H17N3OS2/c1-21-16-5-4-12(9-13(16)10-17(21)22)15-11-24-18(20-15)19-7-6-14-3-2-8-23-14/h2-5,8-9,11H,6-7,10H2,1H3,(H,19,20). The van der Waals surface area contributed by atoms with Crippen molar-refractivity contribution in [3.63, 3.8) is 0 Å². The van der Waals surface area contributed by atoms with Crippen LogP contribution in [0.3, 0.4) is 0 Å². The Labute approximate surface area is 148 Å². The van der Waals surface area contributed by atoms with Gasteiger partial charge in [-0.05, 0) is 35.6 Å². The Morgan fingerprint density at radius 2 is 2.21 bits per heavy atom. The maximum atomic E-state index is 11.8. The van der Waals surface area contributed by atoms with Gasteiger partial charge in [0.05, 0.1) is 12.1 Å². The minimum Gasteiger partial charge on any atom is -0.361 e. The highest BCUT2D eigenvalue weighted by Crippen LogP contribution is 2.33. The van der Waals surface area contributed by atoms with Crippen LogP contribution in [0.1, 0.15) is 10.4 Å². The number of carbonyl (C=O) groups is 1. The van der Waals surface area contributed by atoms with E-state index < -0.39 is 0 Å². The van der Waals surface area contributed by atoms with Gasteiger partial charge in [0.25, 0.3) is 0 Å². The van der Waals surface area contributed by atoms with E-state index in [2.05, 4.69) is 39.3 Å². The highest BCUT2D eigenvalue weighted by atomic mass is 32.1. The number of thiophene rings is 1. The van der Waals surface area contributed by atoms with Gasteiger partial charge in [0, 0.05) is 35.1 Å². The molecule has 0 saturated heterocycles. The molecule has 6 heteroatoms. The summed E-state index contributed by atoms with van der Waals surface area (Å²) < 4.78 is 0. The van der Waals surface area contributed by atoms with Gasteiger partial charge in [0.1, 0.15) is 0 Å². The zero-order valence-electron chi connectivity index (χ0n) is 13.3. The number of amides is 1. The summed E-state index contributed by atoms with van der Waals surface area (Å²) in [5.41, 5.74) is 4.12. The van der Waals surface area contributed by atoms with Gasteiger partial charge in [-0.1, -0.05) is 12.1 Å². The second kappa shape index (κ2) is 6.37. The molecule has 0 saturated carbocycles. The fourth-order valence-electron chi connectivity index (χ4n) is 2.86. The summed E-state index contributed by atoms with van der Waals surface area (Å²) in [5.74, 6) is 0.149. The monoisotopic (exact) mass is 355 g/mol. The van der Waals surface area contributed by atoms with Crippen molar-refractivity contribution in [2.45, 2.75) is 12.8 Å². The summed E-state index contributed by atoms with van der Waals surface area (Å²) in [7, 11) is 1.83. The lowest BCUT2D eigenvalue weighted by Gasteiger charge is -2.09. The van der Waals surface area contributed by atoms with Crippen molar-refractivity contribution in [2.24, 2.45) is 0 Å². The molecule has 1 aliphatic rings. The molecule has 4 nitrogen and oxygen atoms in total. The number of rotatable bonds is 5. The third kappa shape index (κ3) is 2.95. The summed E-state index contributed by atoms with van der Waals surface area (Å²) >= 11 is 3.40. The highest BCUT2D eigenvalue weighted by molar-refractivity contribution is 7.14. The number of hydrogen-bond acceptors (Lipinski definition) is 5. The first-order valence-electron chi connectivity index (χ1n) is 7.82. The molecule has 1 aromatic carbocycles. The number of thiazole rings is 1. The van der Waals surface area contributed by atoms with Gasteiger partial charge in [-0.25, -0.2) is 4.98 Å². The number of likely N-dealkylation sites (N-methyl/N-ethyl adjacent to an activating group) is 1. The summed E-state index contributed by atoms with van der Waals surface area (Å²) in [6.45, 7) is 0.886. The molecule has 0 aliphatic carbocycles. The molecule has 0 atom stereocenters. The number of anilines is 2. The number of nitrogens with one attached hydrogen (secondary N) is 1. The number of benzene rings is 1. The zero-order chi connectivity index (χ0) is 16.5. The lowest BCUT2D eigenvalue weighted by atomic mass is 10.1. The van der Waals surface area contributed by atoms with E-state index in [-0.39, 0.29) is 5.91 Å². The van der Waals surface area contributed by atoms with Gasteiger partial charge in [-0.2, -0.15) is 0 Å². The van der Waals surface area contributed by atoms with Crippen molar-refractivity contribution in [3.05, 3.63) is 51.5 Å². The molecule has 2 aromatic heterocycles. The third-order valence-corrected chi connectivity index (χ3v) is 5.92. The average molecular weight is 355 g/mol. The molecule has 1 N–H and O–H groups in total. The number of fused-ring (bicyclic) bond motifs is 1. The van der Waals surface area contributed by atoms with E-state index in [1.807, 2.05) is 19.2 Å². The smallest absolute Gasteiger partial charge is 0.231 e. The summed E-state index contributed by atoms with van der Waals surface area (Å²) in [5, 5.41) is 8.50. The van der Waals surface area contributed by atoms with Crippen LogP contribution in [-0.2, 0) is 17.6 Å². The first-order chi connectivity index (χ1) is 11.7. The van der Waals surface area contributed by atoms with Crippen LogP contribution in [0.4, 0.5) is 10.8 Å². The number of hydrogen-bond donors (Lipinski definition) is 1. The van der Waals surface area contributed by atoms with Gasteiger partial charge in [0.15, 0.2) is 5.13 Å². The molecule has 0 unspecified atom stereocenters. The Hall–Kier alpha value is -2.18. The molecule has 3 aromatic rings. The molecule has 122 valence electrons. The molecule has 0 bridgehead atoms. The van der Waals surface area contributed by atoms with Crippen molar-refractivity contribution < 1.29 is 4.79 Å². The predicted molar refractivity (Wildman–Crippen MR) is 101 cm³/mol. The maximum Gasteiger partial charge on any atom is 0.231 e. The van der Waals surface area contributed by atoms with Crippen molar-refractivity contribution in [1.29, 1.82) is 0 Å². The Kier molecular flexibility index (Phi) is 4.08. The quantitative estimate of drug-likeness (QED) is 0.751. The van der Waals surface area contributed by atoms with Gasteiger partial charge in [-0.15, -0.1) is 22.7 Å². The maximum absolute atomic E-state index is 11.8. The normalized spacial score (nSPS) is 13.4. The number of carbonyl (C=O) groups excluding carboxylic acids is 1. The van der Waals surface area contributed by atoms with E-state index in [1.165, 1.54) is 4.88 Å². The van der Waals surface area contributed by atoms with Gasteiger partial charge >= 0.3 is 0 Å². The molecule has 1 amide bonds. The molecule has 1 aliphatic heterocycles. The lowest BCUT2D eigenvalue weighted by molar-refractivity contribution is -0.117. The first kappa shape index (κ1) is 15.4. The topological polar surface area (TPSA) is 45.2 Å². The van der Waals surface area contributed by atoms with E-state index >= 15 is 0 Å². The van der Waals surface area contributed by atoms with E-state index in [0.717, 1.165) is 40.6 Å². The van der Waals surface area contributed by atoms with Gasteiger partial charge < -0.3 is 10.2 Å². The molecule has 0 radical (unpaired) electrons. The van der Waals surface area contributed by atoms with Crippen LogP contribution in [0.15, 0.2) is 41.1 Å². The SMILES string of the molecule is CN1C(=O)Cc2cc(-c3csc(NCCc4cccs4)n3)ccc21. The van der Waals surface area contributed by atoms with E-state index in [9.17, 15) is 4.79 Å². The minimum atomic E-state index is 0.149. The molecule has 4 rings (SSSR count). The molecular weight excluding hydrogens is 338 g/mol. The van der Waals surface area contributed by atoms with Crippen molar-refractivity contribution in [3.8, 4) is 11.3 Å². The fourth-order valence-corrected chi connectivity index (χ4v) is 4.32.